The molecular formula is C5H7NO2. The van der Waals surface area contributed by atoms with Crippen molar-refractivity contribution in [2.75, 3.05) is 6.54 Å². The van der Waals surface area contributed by atoms with Gasteiger partial charge >= 0.3 is 6.09 Å². The summed E-state index contributed by atoms with van der Waals surface area (Å²) in [5.41, 5.74) is 0. The lowest BCUT2D eigenvalue weighted by Crippen LogP contribution is -2.20. The van der Waals surface area contributed by atoms with E-state index in [0.29, 0.717) is 0 Å². The minimum absolute atomic E-state index is 0.214. The van der Waals surface area contributed by atoms with Crippen LogP contribution in [-0.4, -0.2) is 17.7 Å². The molecule has 0 fully saturated rings. The van der Waals surface area contributed by atoms with E-state index in [4.69, 9.17) is 5.11 Å². The largest absolute Gasteiger partial charge is 0.465 e. The molecule has 0 aliphatic carbocycles. The number of carbonyl (C=O) groups is 1. The number of hydrogen-bond donors (Lipinski definition) is 2. The fourth-order valence-electron chi connectivity index (χ4n) is 0.208. The molecule has 0 atom stereocenters. The van der Waals surface area contributed by atoms with Crippen LogP contribution in [0.2, 0.25) is 0 Å². The van der Waals surface area contributed by atoms with E-state index < -0.39 is 6.09 Å². The first kappa shape index (κ1) is 6.83. The van der Waals surface area contributed by atoms with Gasteiger partial charge < -0.3 is 10.4 Å². The highest BCUT2D eigenvalue weighted by Gasteiger charge is 1.85. The molecule has 0 unspecified atom stereocenters. The summed E-state index contributed by atoms with van der Waals surface area (Å²) in [7, 11) is 0. The summed E-state index contributed by atoms with van der Waals surface area (Å²) in [5.74, 6) is 5.08. The molecule has 0 bridgehead atoms. The number of rotatable bonds is 1. The monoisotopic (exact) mass is 113 g/mol. The highest BCUT2D eigenvalue weighted by atomic mass is 16.4. The van der Waals surface area contributed by atoms with E-state index in [2.05, 4.69) is 17.2 Å². The van der Waals surface area contributed by atoms with Gasteiger partial charge in [-0.05, 0) is 6.92 Å². The van der Waals surface area contributed by atoms with Gasteiger partial charge in [-0.3, -0.25) is 0 Å². The molecule has 8 heavy (non-hydrogen) atoms. The topological polar surface area (TPSA) is 49.3 Å². The van der Waals surface area contributed by atoms with Gasteiger partial charge in [-0.1, -0.05) is 5.92 Å². The highest BCUT2D eigenvalue weighted by Crippen LogP contribution is 1.57. The van der Waals surface area contributed by atoms with Crippen LogP contribution in [0, 0.1) is 11.8 Å². The van der Waals surface area contributed by atoms with E-state index >= 15 is 0 Å². The van der Waals surface area contributed by atoms with Crippen molar-refractivity contribution in [3.05, 3.63) is 0 Å². The third kappa shape index (κ3) is 4.83. The van der Waals surface area contributed by atoms with Crippen molar-refractivity contribution in [1.29, 1.82) is 0 Å². The fraction of sp³-hybridized carbons (Fsp3) is 0.400. The average molecular weight is 113 g/mol. The van der Waals surface area contributed by atoms with Crippen LogP contribution >= 0.6 is 0 Å². The van der Waals surface area contributed by atoms with Crippen molar-refractivity contribution < 1.29 is 9.90 Å². The minimum Gasteiger partial charge on any atom is -0.465 e. The molecule has 0 aromatic carbocycles. The number of amides is 1. The molecule has 0 saturated heterocycles. The van der Waals surface area contributed by atoms with Crippen molar-refractivity contribution >= 4 is 6.09 Å². The van der Waals surface area contributed by atoms with E-state index in [9.17, 15) is 4.79 Å². The maximum atomic E-state index is 9.70. The van der Waals surface area contributed by atoms with Crippen molar-refractivity contribution in [2.24, 2.45) is 0 Å². The summed E-state index contributed by atoms with van der Waals surface area (Å²) < 4.78 is 0. The molecule has 0 aliphatic heterocycles. The van der Waals surface area contributed by atoms with Gasteiger partial charge in [-0.2, -0.15) is 0 Å². The Morgan fingerprint density at radius 1 is 1.88 bits per heavy atom. The molecule has 2 N–H and O–H groups in total. The lowest BCUT2D eigenvalue weighted by atomic mass is 10.6. The second kappa shape index (κ2) is 4.00. The smallest absolute Gasteiger partial charge is 0.405 e. The second-order valence-electron chi connectivity index (χ2n) is 1.09. The Labute approximate surface area is 47.7 Å². The Morgan fingerprint density at radius 3 is 2.88 bits per heavy atom. The van der Waals surface area contributed by atoms with E-state index in [1.54, 1.807) is 6.92 Å². The quantitative estimate of drug-likeness (QED) is 0.480. The zero-order valence-corrected chi connectivity index (χ0v) is 4.56. The van der Waals surface area contributed by atoms with Crippen LogP contribution in [0.25, 0.3) is 0 Å². The average Bonchev–Trinajstić information content (AvgIpc) is 1.66. The molecule has 0 heterocycles. The van der Waals surface area contributed by atoms with Crippen molar-refractivity contribution in [1.82, 2.24) is 5.32 Å². The van der Waals surface area contributed by atoms with Gasteiger partial charge in [-0.25, -0.2) is 4.79 Å². The molecular weight excluding hydrogens is 106 g/mol. The van der Waals surface area contributed by atoms with E-state index in [0.717, 1.165) is 0 Å². The van der Waals surface area contributed by atoms with Gasteiger partial charge in [0, 0.05) is 0 Å². The molecule has 1 amide bonds. The van der Waals surface area contributed by atoms with Crippen LogP contribution in [-0.2, 0) is 0 Å². The van der Waals surface area contributed by atoms with Gasteiger partial charge in [0.1, 0.15) is 0 Å². The number of carboxylic acid groups (broad SMARTS) is 1. The molecule has 0 rings (SSSR count). The van der Waals surface area contributed by atoms with Crippen LogP contribution in [0.1, 0.15) is 6.92 Å². The Morgan fingerprint density at radius 2 is 2.50 bits per heavy atom. The molecule has 3 heteroatoms. The van der Waals surface area contributed by atoms with Crippen molar-refractivity contribution in [2.45, 2.75) is 6.92 Å². The summed E-state index contributed by atoms with van der Waals surface area (Å²) in [5, 5.41) is 10.1. The lowest BCUT2D eigenvalue weighted by molar-refractivity contribution is 0.196. The third-order valence-corrected chi connectivity index (χ3v) is 0.505. The molecule has 0 aliphatic rings. The van der Waals surface area contributed by atoms with Gasteiger partial charge in [0.25, 0.3) is 0 Å². The maximum absolute atomic E-state index is 9.70. The zero-order valence-electron chi connectivity index (χ0n) is 4.56. The summed E-state index contributed by atoms with van der Waals surface area (Å²) in [6.45, 7) is 1.87. The first-order chi connectivity index (χ1) is 3.77. The van der Waals surface area contributed by atoms with Crippen molar-refractivity contribution in [3.8, 4) is 11.8 Å². The van der Waals surface area contributed by atoms with Crippen LogP contribution in [0.5, 0.6) is 0 Å². The van der Waals surface area contributed by atoms with Crippen LogP contribution in [0.4, 0.5) is 4.79 Å². The van der Waals surface area contributed by atoms with E-state index in [-0.39, 0.29) is 6.54 Å². The van der Waals surface area contributed by atoms with Gasteiger partial charge in [0.05, 0.1) is 6.54 Å². The Hall–Kier alpha value is -1.17. The summed E-state index contributed by atoms with van der Waals surface area (Å²) >= 11 is 0. The standard InChI is InChI=1S/C5H7NO2/c1-2-3-4-6-5(7)8/h6H,4H2,1H3,(H,7,8). The van der Waals surface area contributed by atoms with Crippen LogP contribution in [0.3, 0.4) is 0 Å². The number of nitrogens with one attached hydrogen (secondary N) is 1. The Kier molecular flexibility index (Phi) is 3.42. The van der Waals surface area contributed by atoms with Crippen LogP contribution in [0.15, 0.2) is 0 Å². The molecule has 0 aromatic rings. The summed E-state index contributed by atoms with van der Waals surface area (Å²) in [4.78, 5) is 9.70. The van der Waals surface area contributed by atoms with E-state index in [1.165, 1.54) is 0 Å². The second-order valence-corrected chi connectivity index (χ2v) is 1.09. The molecule has 0 aromatic heterocycles. The van der Waals surface area contributed by atoms with Crippen molar-refractivity contribution in [3.63, 3.8) is 0 Å². The summed E-state index contributed by atoms with van der Waals surface area (Å²) in [6.07, 6.45) is -1.03. The maximum Gasteiger partial charge on any atom is 0.405 e. The Balaban J connectivity index is 3.14. The molecule has 0 spiro atoms. The first-order valence-electron chi connectivity index (χ1n) is 2.13. The lowest BCUT2D eigenvalue weighted by Gasteiger charge is -1.87. The minimum atomic E-state index is -1.03. The SMILES string of the molecule is CC#CCNC(=O)O. The van der Waals surface area contributed by atoms with Gasteiger partial charge in [0.2, 0.25) is 0 Å². The molecule has 3 nitrogen and oxygen atoms in total. The molecule has 44 valence electrons. The van der Waals surface area contributed by atoms with Gasteiger partial charge in [0.15, 0.2) is 0 Å². The molecule has 0 radical (unpaired) electrons. The highest BCUT2D eigenvalue weighted by molar-refractivity contribution is 5.64. The number of hydrogen-bond acceptors (Lipinski definition) is 1. The van der Waals surface area contributed by atoms with Crippen LogP contribution < -0.4 is 5.32 Å². The Bertz CT molecular complexity index is 131. The zero-order chi connectivity index (χ0) is 6.41. The first-order valence-corrected chi connectivity index (χ1v) is 2.13. The fourth-order valence-corrected chi connectivity index (χ4v) is 0.208. The third-order valence-electron chi connectivity index (χ3n) is 0.505. The van der Waals surface area contributed by atoms with E-state index in [1.807, 2.05) is 0 Å². The predicted molar refractivity (Wildman–Crippen MR) is 29.5 cm³/mol. The van der Waals surface area contributed by atoms with Gasteiger partial charge in [-0.15, -0.1) is 5.92 Å². The normalized spacial score (nSPS) is 6.62. The predicted octanol–water partition coefficient (Wildman–Crippen LogP) is 0.277. The molecule has 0 saturated carbocycles. The summed E-state index contributed by atoms with van der Waals surface area (Å²) in [6, 6.07) is 0.